The summed E-state index contributed by atoms with van der Waals surface area (Å²) < 4.78 is 0. The predicted octanol–water partition coefficient (Wildman–Crippen LogP) is 1.76. The second kappa shape index (κ2) is 6.49. The number of carbonyl (C=O) groups is 2. The number of H-pyrrole nitrogens is 1. The first-order valence-electron chi connectivity index (χ1n) is 8.05. The molecule has 0 fully saturated rings. The van der Waals surface area contributed by atoms with Crippen molar-refractivity contribution < 1.29 is 14.7 Å². The molecule has 2 aromatic carbocycles. The topological polar surface area (TPSA) is 112 Å². The molecule has 1 aliphatic rings. The van der Waals surface area contributed by atoms with E-state index in [1.807, 2.05) is 29.2 Å². The molecule has 26 heavy (non-hydrogen) atoms. The Morgan fingerprint density at radius 3 is 2.65 bits per heavy atom. The summed E-state index contributed by atoms with van der Waals surface area (Å²) in [6.45, 7) is 1.44. The lowest BCUT2D eigenvalue weighted by Crippen LogP contribution is -2.34. The number of nitrogens with one attached hydrogen (secondary N) is 1. The number of hydrogen-bond donors (Lipinski definition) is 2. The number of nitrogens with zero attached hydrogens (tertiary/aromatic N) is 4. The Morgan fingerprint density at radius 1 is 1.15 bits per heavy atom. The fourth-order valence-corrected chi connectivity index (χ4v) is 3.13. The third-order valence-electron chi connectivity index (χ3n) is 4.38. The average molecular weight is 349 g/mol. The molecule has 2 heterocycles. The zero-order chi connectivity index (χ0) is 18.1. The van der Waals surface area contributed by atoms with Crippen molar-refractivity contribution in [2.45, 2.75) is 13.1 Å². The summed E-state index contributed by atoms with van der Waals surface area (Å²) in [5.41, 5.74) is 3.46. The average Bonchev–Trinajstić information content (AvgIpc) is 3.16. The van der Waals surface area contributed by atoms with Crippen LogP contribution in [0.3, 0.4) is 0 Å². The normalized spacial score (nSPS) is 14.2. The molecule has 4 rings (SSSR count). The molecule has 8 heteroatoms. The van der Waals surface area contributed by atoms with Crippen molar-refractivity contribution in [3.63, 3.8) is 0 Å². The number of carboxylic acid groups (broad SMARTS) is 1. The zero-order valence-corrected chi connectivity index (χ0v) is 13.7. The van der Waals surface area contributed by atoms with Crippen molar-refractivity contribution in [3.05, 3.63) is 64.7 Å². The first-order chi connectivity index (χ1) is 12.6. The first-order valence-corrected chi connectivity index (χ1v) is 8.05. The van der Waals surface area contributed by atoms with Crippen LogP contribution < -0.4 is 0 Å². The van der Waals surface area contributed by atoms with E-state index in [1.54, 1.807) is 12.1 Å². The lowest BCUT2D eigenvalue weighted by molar-refractivity contribution is 0.0695. The number of rotatable bonds is 4. The van der Waals surface area contributed by atoms with Gasteiger partial charge in [-0.1, -0.05) is 30.3 Å². The highest BCUT2D eigenvalue weighted by atomic mass is 16.4. The van der Waals surface area contributed by atoms with Gasteiger partial charge in [-0.2, -0.15) is 5.21 Å². The fourth-order valence-electron chi connectivity index (χ4n) is 3.13. The Kier molecular flexibility index (Phi) is 4.02. The number of tetrazole rings is 1. The molecule has 0 bridgehead atoms. The summed E-state index contributed by atoms with van der Waals surface area (Å²) in [7, 11) is 0. The van der Waals surface area contributed by atoms with Crippen LogP contribution in [0.1, 0.15) is 31.8 Å². The molecular formula is C18H15N5O3. The van der Waals surface area contributed by atoms with E-state index in [-0.39, 0.29) is 11.3 Å². The van der Waals surface area contributed by atoms with Crippen LogP contribution in [0.4, 0.5) is 0 Å². The summed E-state index contributed by atoms with van der Waals surface area (Å²) in [6.07, 6.45) is 0. The van der Waals surface area contributed by atoms with Crippen LogP contribution in [0.5, 0.6) is 0 Å². The van der Waals surface area contributed by atoms with Gasteiger partial charge in [0, 0.05) is 24.2 Å². The number of Topliss-reactive ketones (excluding diaryl/α,β-unsaturated/α-hetero) is 1. The smallest absolute Gasteiger partial charge is 0.335 e. The van der Waals surface area contributed by atoms with Crippen LogP contribution in [0, 0.1) is 0 Å². The molecular weight excluding hydrogens is 334 g/mol. The van der Waals surface area contributed by atoms with Crippen molar-refractivity contribution in [2.75, 3.05) is 6.54 Å². The van der Waals surface area contributed by atoms with Gasteiger partial charge in [-0.3, -0.25) is 9.69 Å². The maximum Gasteiger partial charge on any atom is 0.335 e. The summed E-state index contributed by atoms with van der Waals surface area (Å²) in [5.74, 6) is -0.458. The number of aromatic carboxylic acids is 1. The monoisotopic (exact) mass is 349 g/mol. The highest BCUT2D eigenvalue weighted by Gasteiger charge is 2.24. The molecule has 1 aliphatic heterocycles. The van der Waals surface area contributed by atoms with Crippen molar-refractivity contribution in [3.8, 4) is 11.4 Å². The van der Waals surface area contributed by atoms with E-state index in [0.717, 1.165) is 16.7 Å². The quantitative estimate of drug-likeness (QED) is 0.738. The van der Waals surface area contributed by atoms with Gasteiger partial charge in [0.15, 0.2) is 5.78 Å². The van der Waals surface area contributed by atoms with E-state index in [9.17, 15) is 9.59 Å². The molecule has 3 aromatic rings. The SMILES string of the molecule is O=C(O)c1ccc2c(c1)CN(Cc1ccc(-c3nn[nH]n3)cc1)CC2=O. The van der Waals surface area contributed by atoms with Gasteiger partial charge in [-0.05, 0) is 28.5 Å². The Bertz CT molecular complexity index is 967. The number of carbonyl (C=O) groups excluding carboxylic acids is 1. The van der Waals surface area contributed by atoms with Gasteiger partial charge in [0.1, 0.15) is 0 Å². The predicted molar refractivity (Wildman–Crippen MR) is 91.5 cm³/mol. The molecule has 0 unspecified atom stereocenters. The van der Waals surface area contributed by atoms with Gasteiger partial charge in [0.25, 0.3) is 0 Å². The molecule has 0 aliphatic carbocycles. The molecule has 8 nitrogen and oxygen atoms in total. The molecule has 130 valence electrons. The molecule has 0 atom stereocenters. The molecule has 0 spiro atoms. The summed E-state index contributed by atoms with van der Waals surface area (Å²) in [4.78, 5) is 25.5. The van der Waals surface area contributed by atoms with Gasteiger partial charge >= 0.3 is 5.97 Å². The second-order valence-electron chi connectivity index (χ2n) is 6.18. The van der Waals surface area contributed by atoms with E-state index >= 15 is 0 Å². The van der Waals surface area contributed by atoms with Gasteiger partial charge in [0.2, 0.25) is 5.82 Å². The number of aromatic amines is 1. The lowest BCUT2D eigenvalue weighted by Gasteiger charge is -2.28. The Morgan fingerprint density at radius 2 is 1.96 bits per heavy atom. The number of hydrogen-bond acceptors (Lipinski definition) is 6. The minimum absolute atomic E-state index is 0.00612. The number of benzene rings is 2. The Labute approximate surface area is 148 Å². The van der Waals surface area contributed by atoms with Crippen molar-refractivity contribution in [1.29, 1.82) is 0 Å². The first kappa shape index (κ1) is 16.1. The summed E-state index contributed by atoms with van der Waals surface area (Å²) in [5, 5.41) is 23.0. The van der Waals surface area contributed by atoms with E-state index in [1.165, 1.54) is 6.07 Å². The molecule has 0 amide bonds. The summed E-state index contributed by atoms with van der Waals surface area (Å²) in [6, 6.07) is 12.4. The third kappa shape index (κ3) is 3.09. The van der Waals surface area contributed by atoms with Gasteiger partial charge in [-0.25, -0.2) is 4.79 Å². The van der Waals surface area contributed by atoms with E-state index in [4.69, 9.17) is 5.11 Å². The highest BCUT2D eigenvalue weighted by Crippen LogP contribution is 2.23. The van der Waals surface area contributed by atoms with Crippen LogP contribution in [-0.4, -0.2) is 48.9 Å². The minimum Gasteiger partial charge on any atom is -0.478 e. The van der Waals surface area contributed by atoms with Crippen LogP contribution in [0.25, 0.3) is 11.4 Å². The maximum absolute atomic E-state index is 12.4. The number of fused-ring (bicyclic) bond motifs is 1. The van der Waals surface area contributed by atoms with Gasteiger partial charge in [0.05, 0.1) is 12.1 Å². The number of carboxylic acids is 1. The molecule has 0 saturated heterocycles. The van der Waals surface area contributed by atoms with Gasteiger partial charge < -0.3 is 5.11 Å². The Balaban J connectivity index is 1.52. The zero-order valence-electron chi connectivity index (χ0n) is 13.7. The largest absolute Gasteiger partial charge is 0.478 e. The number of aromatic nitrogens is 4. The molecule has 0 saturated carbocycles. The van der Waals surface area contributed by atoms with Crippen molar-refractivity contribution >= 4 is 11.8 Å². The molecule has 2 N–H and O–H groups in total. The van der Waals surface area contributed by atoms with E-state index in [0.29, 0.717) is 31.0 Å². The van der Waals surface area contributed by atoms with Crippen LogP contribution in [0.2, 0.25) is 0 Å². The van der Waals surface area contributed by atoms with Crippen molar-refractivity contribution in [2.24, 2.45) is 0 Å². The van der Waals surface area contributed by atoms with Crippen molar-refractivity contribution in [1.82, 2.24) is 25.5 Å². The maximum atomic E-state index is 12.4. The minimum atomic E-state index is -0.991. The lowest BCUT2D eigenvalue weighted by atomic mass is 9.96. The Hall–Kier alpha value is -3.39. The van der Waals surface area contributed by atoms with Gasteiger partial charge in [-0.15, -0.1) is 10.2 Å². The van der Waals surface area contributed by atoms with Crippen LogP contribution in [-0.2, 0) is 13.1 Å². The fraction of sp³-hybridized carbons (Fsp3) is 0.167. The summed E-state index contributed by atoms with van der Waals surface area (Å²) >= 11 is 0. The third-order valence-corrected chi connectivity index (χ3v) is 4.38. The van der Waals surface area contributed by atoms with E-state index in [2.05, 4.69) is 20.6 Å². The van der Waals surface area contributed by atoms with Crippen LogP contribution >= 0.6 is 0 Å². The standard InChI is InChI=1S/C18H15N5O3/c24-16-10-23(9-14-7-13(18(25)26)5-6-15(14)16)8-11-1-3-12(4-2-11)17-19-21-22-20-17/h1-7H,8-10H2,(H,25,26)(H,19,20,21,22). The second-order valence-corrected chi connectivity index (χ2v) is 6.18. The van der Waals surface area contributed by atoms with E-state index < -0.39 is 5.97 Å². The highest BCUT2D eigenvalue weighted by molar-refractivity contribution is 6.01. The molecule has 1 aromatic heterocycles. The van der Waals surface area contributed by atoms with Crippen LogP contribution in [0.15, 0.2) is 42.5 Å². The number of ketones is 1. The molecule has 0 radical (unpaired) electrons.